The van der Waals surface area contributed by atoms with Crippen LogP contribution in [0.3, 0.4) is 0 Å². The van der Waals surface area contributed by atoms with Crippen molar-refractivity contribution >= 4 is 45.6 Å². The van der Waals surface area contributed by atoms with Crippen LogP contribution in [0.1, 0.15) is 19.8 Å². The van der Waals surface area contributed by atoms with E-state index in [2.05, 4.69) is 10.6 Å². The quantitative estimate of drug-likeness (QED) is 0.776. The lowest BCUT2D eigenvalue weighted by Crippen LogP contribution is -2.42. The molecule has 1 saturated heterocycles. The Labute approximate surface area is 158 Å². The van der Waals surface area contributed by atoms with E-state index in [1.165, 1.54) is 11.2 Å². The van der Waals surface area contributed by atoms with Crippen molar-refractivity contribution in [1.82, 2.24) is 9.62 Å². The third-order valence-corrected chi connectivity index (χ3v) is 6.12. The van der Waals surface area contributed by atoms with Crippen LogP contribution in [-0.2, 0) is 14.8 Å². The molecule has 1 amide bonds. The number of hydrogen-bond donors (Lipinski definition) is 2. The Balaban J connectivity index is 0.00000312. The van der Waals surface area contributed by atoms with Gasteiger partial charge in [0.15, 0.2) is 0 Å². The van der Waals surface area contributed by atoms with E-state index in [1.807, 2.05) is 7.05 Å². The molecule has 1 atom stereocenters. The molecule has 1 aliphatic rings. The topological polar surface area (TPSA) is 78.5 Å². The molecular weight excluding hydrogens is 392 g/mol. The minimum atomic E-state index is -3.98. The second-order valence-corrected chi connectivity index (χ2v) is 8.19. The van der Waals surface area contributed by atoms with Gasteiger partial charge in [-0.25, -0.2) is 12.8 Å². The van der Waals surface area contributed by atoms with Gasteiger partial charge in [0.1, 0.15) is 10.7 Å². The molecule has 1 unspecified atom stereocenters. The Kier molecular flexibility index (Phi) is 8.08. The molecule has 0 aromatic heterocycles. The van der Waals surface area contributed by atoms with Gasteiger partial charge >= 0.3 is 0 Å². The van der Waals surface area contributed by atoms with Crippen LogP contribution >= 0.6 is 24.0 Å². The van der Waals surface area contributed by atoms with Crippen molar-refractivity contribution in [2.75, 3.05) is 32.0 Å². The third kappa shape index (κ3) is 5.27. The summed E-state index contributed by atoms with van der Waals surface area (Å²) in [6.07, 6.45) is 1.66. The van der Waals surface area contributed by atoms with Crippen molar-refractivity contribution in [3.05, 3.63) is 23.0 Å². The van der Waals surface area contributed by atoms with Crippen molar-refractivity contribution in [1.29, 1.82) is 0 Å². The number of amides is 1. The first-order valence-corrected chi connectivity index (χ1v) is 9.49. The van der Waals surface area contributed by atoms with Gasteiger partial charge in [0.2, 0.25) is 15.9 Å². The van der Waals surface area contributed by atoms with Gasteiger partial charge < -0.3 is 10.6 Å². The maximum absolute atomic E-state index is 14.3. The summed E-state index contributed by atoms with van der Waals surface area (Å²) in [5, 5.41) is 5.39. The standard InChI is InChI=1S/C15H21ClFN3O3S.ClH/c1-10(21)19-14-7-13(17)15(6-12(14)16)24(22,23)20-5-3-4-11(9-20)8-18-2;/h6-7,11,18H,3-5,8-9H2,1-2H3,(H,19,21);1H. The largest absolute Gasteiger partial charge is 0.325 e. The SMILES string of the molecule is CNCC1CCCN(S(=O)(=O)c2cc(Cl)c(NC(C)=O)cc2F)C1.Cl. The molecule has 1 fully saturated rings. The van der Waals surface area contributed by atoms with Crippen LogP contribution in [0.4, 0.5) is 10.1 Å². The number of piperidine rings is 1. The van der Waals surface area contributed by atoms with Gasteiger partial charge in [0.25, 0.3) is 0 Å². The van der Waals surface area contributed by atoms with Gasteiger partial charge in [-0.05, 0) is 38.4 Å². The third-order valence-electron chi connectivity index (χ3n) is 3.92. The molecule has 142 valence electrons. The lowest BCUT2D eigenvalue weighted by molar-refractivity contribution is -0.114. The van der Waals surface area contributed by atoms with Gasteiger partial charge in [-0.1, -0.05) is 11.6 Å². The fourth-order valence-corrected chi connectivity index (χ4v) is 4.75. The zero-order valence-corrected chi connectivity index (χ0v) is 16.4. The maximum Gasteiger partial charge on any atom is 0.246 e. The fourth-order valence-electron chi connectivity index (χ4n) is 2.85. The van der Waals surface area contributed by atoms with E-state index in [0.29, 0.717) is 19.6 Å². The minimum Gasteiger partial charge on any atom is -0.325 e. The summed E-state index contributed by atoms with van der Waals surface area (Å²) in [6, 6.07) is 1.99. The summed E-state index contributed by atoms with van der Waals surface area (Å²) >= 11 is 5.99. The number of anilines is 1. The number of nitrogens with zero attached hydrogens (tertiary/aromatic N) is 1. The number of sulfonamides is 1. The van der Waals surface area contributed by atoms with Crippen molar-refractivity contribution in [3.63, 3.8) is 0 Å². The summed E-state index contributed by atoms with van der Waals surface area (Å²) in [5.74, 6) is -1.16. The van der Waals surface area contributed by atoms with E-state index in [4.69, 9.17) is 11.6 Å². The molecule has 2 rings (SSSR count). The average molecular weight is 414 g/mol. The molecule has 1 aliphatic heterocycles. The van der Waals surface area contributed by atoms with Gasteiger partial charge in [0, 0.05) is 26.1 Å². The Morgan fingerprint density at radius 2 is 2.12 bits per heavy atom. The molecule has 0 bridgehead atoms. The molecule has 25 heavy (non-hydrogen) atoms. The van der Waals surface area contributed by atoms with Crippen LogP contribution < -0.4 is 10.6 Å². The second-order valence-electron chi connectivity index (χ2n) is 5.87. The molecule has 0 saturated carbocycles. The van der Waals surface area contributed by atoms with Gasteiger partial charge in [-0.15, -0.1) is 12.4 Å². The Bertz CT molecular complexity index is 729. The molecule has 1 heterocycles. The summed E-state index contributed by atoms with van der Waals surface area (Å²) in [6.45, 7) is 2.66. The second kappa shape index (κ2) is 9.14. The first kappa shape index (κ1) is 22.1. The lowest BCUT2D eigenvalue weighted by atomic mass is 10.00. The zero-order valence-electron chi connectivity index (χ0n) is 14.0. The van der Waals surface area contributed by atoms with Gasteiger partial charge in [0.05, 0.1) is 10.7 Å². The number of hydrogen-bond acceptors (Lipinski definition) is 4. The Morgan fingerprint density at radius 1 is 1.44 bits per heavy atom. The first-order valence-electron chi connectivity index (χ1n) is 7.67. The van der Waals surface area contributed by atoms with Crippen molar-refractivity contribution < 1.29 is 17.6 Å². The van der Waals surface area contributed by atoms with Crippen LogP contribution in [-0.4, -0.2) is 45.3 Å². The summed E-state index contributed by atoms with van der Waals surface area (Å²) in [5.41, 5.74) is 0.0484. The van der Waals surface area contributed by atoms with E-state index < -0.39 is 26.6 Å². The molecular formula is C15H22Cl2FN3O3S. The van der Waals surface area contributed by atoms with Crippen molar-refractivity contribution in [2.45, 2.75) is 24.7 Å². The van der Waals surface area contributed by atoms with E-state index in [0.717, 1.165) is 25.0 Å². The Morgan fingerprint density at radius 3 is 2.72 bits per heavy atom. The van der Waals surface area contributed by atoms with Crippen molar-refractivity contribution in [2.24, 2.45) is 5.92 Å². The Hall–Kier alpha value is -0.930. The predicted molar refractivity (Wildman–Crippen MR) is 98.4 cm³/mol. The van der Waals surface area contributed by atoms with Gasteiger partial charge in [-0.2, -0.15) is 4.31 Å². The van der Waals surface area contributed by atoms with Crippen LogP contribution in [0.25, 0.3) is 0 Å². The maximum atomic E-state index is 14.3. The lowest BCUT2D eigenvalue weighted by Gasteiger charge is -2.32. The van der Waals surface area contributed by atoms with Crippen LogP contribution in [0.15, 0.2) is 17.0 Å². The zero-order chi connectivity index (χ0) is 17.9. The normalized spacial score (nSPS) is 18.5. The van der Waals surface area contributed by atoms with Crippen LogP contribution in [0, 0.1) is 11.7 Å². The fraction of sp³-hybridized carbons (Fsp3) is 0.533. The highest BCUT2D eigenvalue weighted by atomic mass is 35.5. The van der Waals surface area contributed by atoms with Crippen LogP contribution in [0.5, 0.6) is 0 Å². The highest BCUT2D eigenvalue weighted by Gasteiger charge is 2.32. The van der Waals surface area contributed by atoms with Gasteiger partial charge in [-0.3, -0.25) is 4.79 Å². The number of carbonyl (C=O) groups is 1. The smallest absolute Gasteiger partial charge is 0.246 e. The highest BCUT2D eigenvalue weighted by molar-refractivity contribution is 7.89. The van der Waals surface area contributed by atoms with E-state index in [9.17, 15) is 17.6 Å². The molecule has 0 aliphatic carbocycles. The monoisotopic (exact) mass is 413 g/mol. The first-order chi connectivity index (χ1) is 11.3. The molecule has 2 N–H and O–H groups in total. The predicted octanol–water partition coefficient (Wildman–Crippen LogP) is 2.48. The summed E-state index contributed by atoms with van der Waals surface area (Å²) < 4.78 is 41.2. The van der Waals surface area contributed by atoms with E-state index in [1.54, 1.807) is 0 Å². The number of carbonyl (C=O) groups excluding carboxylic acids is 1. The minimum absolute atomic E-state index is 0. The molecule has 10 heteroatoms. The number of halogens is 3. The number of nitrogens with one attached hydrogen (secondary N) is 2. The van der Waals surface area contributed by atoms with E-state index >= 15 is 0 Å². The van der Waals surface area contributed by atoms with E-state index in [-0.39, 0.29) is 29.0 Å². The molecule has 0 spiro atoms. The highest BCUT2D eigenvalue weighted by Crippen LogP contribution is 2.31. The molecule has 1 aromatic carbocycles. The van der Waals surface area contributed by atoms with Crippen molar-refractivity contribution in [3.8, 4) is 0 Å². The molecule has 6 nitrogen and oxygen atoms in total. The molecule has 1 aromatic rings. The summed E-state index contributed by atoms with van der Waals surface area (Å²) in [4.78, 5) is 10.6. The molecule has 0 radical (unpaired) electrons. The number of benzene rings is 1. The average Bonchev–Trinajstić information content (AvgIpc) is 2.50. The summed E-state index contributed by atoms with van der Waals surface area (Å²) in [7, 11) is -2.17. The van der Waals surface area contributed by atoms with Crippen LogP contribution in [0.2, 0.25) is 5.02 Å². The number of rotatable bonds is 5.